The second-order valence-corrected chi connectivity index (χ2v) is 4.86. The zero-order chi connectivity index (χ0) is 13.9. The number of rotatable bonds is 2. The molecule has 0 aliphatic rings. The smallest absolute Gasteiger partial charge is 0.204 e. The number of phenolic OH excluding ortho intramolecular Hbond substituents is 1. The molecule has 0 radical (unpaired) electrons. The fraction of sp³-hybridized carbons (Fsp3) is 0.0556. The first kappa shape index (κ1) is 15.5. The van der Waals surface area contributed by atoms with Gasteiger partial charge in [-0.1, -0.05) is 18.2 Å². The highest BCUT2D eigenvalue weighted by Gasteiger charge is 2.00. The van der Waals surface area contributed by atoms with Crippen LogP contribution in [-0.2, 0) is 7.05 Å². The van der Waals surface area contributed by atoms with E-state index in [0.29, 0.717) is 5.75 Å². The number of phenols is 1. The lowest BCUT2D eigenvalue weighted by Gasteiger charge is -2.00. The Morgan fingerprint density at radius 1 is 0.905 bits per heavy atom. The van der Waals surface area contributed by atoms with Crippen molar-refractivity contribution in [1.29, 1.82) is 0 Å². The molecule has 0 spiro atoms. The van der Waals surface area contributed by atoms with E-state index >= 15 is 0 Å². The predicted octanol–water partition coefficient (Wildman–Crippen LogP) is 0.544. The zero-order valence-corrected chi connectivity index (χ0v) is 13.9. The van der Waals surface area contributed by atoms with Gasteiger partial charge in [0, 0.05) is 18.2 Å². The van der Waals surface area contributed by atoms with Crippen LogP contribution in [0.25, 0.3) is 22.9 Å². The molecule has 1 heterocycles. The Labute approximate surface area is 141 Å². The van der Waals surface area contributed by atoms with E-state index in [-0.39, 0.29) is 24.0 Å². The summed E-state index contributed by atoms with van der Waals surface area (Å²) >= 11 is 0. The van der Waals surface area contributed by atoms with E-state index in [1.54, 1.807) is 12.1 Å². The molecule has 2 nitrogen and oxygen atoms in total. The lowest BCUT2D eigenvalue weighted by molar-refractivity contribution is -0.673. The van der Waals surface area contributed by atoms with E-state index in [1.165, 1.54) is 0 Å². The molecule has 3 aromatic rings. The molecule has 0 unspecified atom stereocenters. The van der Waals surface area contributed by atoms with Crippen molar-refractivity contribution in [3.05, 3.63) is 72.1 Å². The Kier molecular flexibility index (Phi) is 4.96. The van der Waals surface area contributed by atoms with E-state index < -0.39 is 0 Å². The van der Waals surface area contributed by atoms with E-state index in [9.17, 15) is 5.11 Å². The maximum Gasteiger partial charge on any atom is 0.204 e. The molecule has 1 N–H and O–H groups in total. The van der Waals surface area contributed by atoms with Crippen molar-refractivity contribution < 1.29 is 33.7 Å². The Bertz CT molecular complexity index is 796. The summed E-state index contributed by atoms with van der Waals surface area (Å²) in [6.45, 7) is 0. The Hall–Kier alpha value is -1.88. The first-order valence-electron chi connectivity index (χ1n) is 6.58. The van der Waals surface area contributed by atoms with Crippen molar-refractivity contribution in [2.24, 2.45) is 7.05 Å². The number of aryl methyl sites for hydroxylation is 1. The molecule has 21 heavy (non-hydrogen) atoms. The monoisotopic (exact) mass is 389 g/mol. The van der Waals surface area contributed by atoms with Gasteiger partial charge < -0.3 is 29.1 Å². The third-order valence-corrected chi connectivity index (χ3v) is 3.39. The third-order valence-electron chi connectivity index (χ3n) is 3.39. The van der Waals surface area contributed by atoms with Gasteiger partial charge in [0.05, 0.1) is 0 Å². The van der Waals surface area contributed by atoms with Gasteiger partial charge >= 0.3 is 0 Å². The standard InChI is InChI=1S/C18H15NO.HI/c1-19-11-3-2-4-17(19)9-6-14-5-7-16-13-18(20)10-8-15(16)12-14;/h2-13H,1H3;1H. The maximum absolute atomic E-state index is 9.47. The van der Waals surface area contributed by atoms with Gasteiger partial charge in [-0.25, -0.2) is 4.57 Å². The molecule has 3 heteroatoms. The van der Waals surface area contributed by atoms with E-state index in [0.717, 1.165) is 22.0 Å². The van der Waals surface area contributed by atoms with Gasteiger partial charge in [0.1, 0.15) is 12.8 Å². The number of pyridine rings is 1. The average Bonchev–Trinajstić information content (AvgIpc) is 2.46. The molecule has 0 bridgehead atoms. The molecule has 0 atom stereocenters. The average molecular weight is 389 g/mol. The summed E-state index contributed by atoms with van der Waals surface area (Å²) in [5.41, 5.74) is 2.30. The summed E-state index contributed by atoms with van der Waals surface area (Å²) in [5.74, 6) is 0.303. The van der Waals surface area contributed by atoms with Crippen LogP contribution < -0.4 is 28.5 Å². The molecule has 0 saturated heterocycles. The van der Waals surface area contributed by atoms with Gasteiger partial charge in [-0.2, -0.15) is 0 Å². The predicted molar refractivity (Wildman–Crippen MR) is 82.2 cm³/mol. The highest BCUT2D eigenvalue weighted by Crippen LogP contribution is 2.21. The van der Waals surface area contributed by atoms with Crippen LogP contribution in [0.15, 0.2) is 60.8 Å². The second kappa shape index (κ2) is 6.72. The first-order valence-corrected chi connectivity index (χ1v) is 6.58. The quantitative estimate of drug-likeness (QED) is 0.503. The van der Waals surface area contributed by atoms with Crippen LogP contribution in [0.5, 0.6) is 5.75 Å². The molecular weight excluding hydrogens is 373 g/mol. The molecule has 0 aliphatic heterocycles. The highest BCUT2D eigenvalue weighted by molar-refractivity contribution is 5.86. The van der Waals surface area contributed by atoms with Gasteiger partial charge in [-0.3, -0.25) is 0 Å². The summed E-state index contributed by atoms with van der Waals surface area (Å²) in [6, 6.07) is 17.8. The molecule has 106 valence electrons. The van der Waals surface area contributed by atoms with Crippen LogP contribution in [0.4, 0.5) is 0 Å². The topological polar surface area (TPSA) is 24.1 Å². The lowest BCUT2D eigenvalue weighted by Crippen LogP contribution is -3.00. The van der Waals surface area contributed by atoms with E-state index in [2.05, 4.69) is 34.9 Å². The minimum atomic E-state index is 0. The van der Waals surface area contributed by atoms with Crippen molar-refractivity contribution >= 4 is 22.9 Å². The van der Waals surface area contributed by atoms with E-state index in [1.807, 2.05) is 37.5 Å². The summed E-state index contributed by atoms with van der Waals surface area (Å²) in [6.07, 6.45) is 6.23. The van der Waals surface area contributed by atoms with Gasteiger partial charge in [-0.15, -0.1) is 0 Å². The number of hydrogen-bond donors (Lipinski definition) is 1. The number of benzene rings is 2. The van der Waals surface area contributed by atoms with Gasteiger partial charge in [0.2, 0.25) is 5.69 Å². The van der Waals surface area contributed by atoms with Crippen LogP contribution in [0, 0.1) is 0 Å². The Balaban J connectivity index is 0.00000161. The van der Waals surface area contributed by atoms with Gasteiger partial charge in [-0.05, 0) is 46.7 Å². The van der Waals surface area contributed by atoms with Crippen LogP contribution in [-0.4, -0.2) is 5.11 Å². The molecule has 0 fully saturated rings. The fourth-order valence-electron chi connectivity index (χ4n) is 2.25. The van der Waals surface area contributed by atoms with E-state index in [4.69, 9.17) is 0 Å². The molecule has 0 saturated carbocycles. The molecule has 0 aliphatic carbocycles. The summed E-state index contributed by atoms with van der Waals surface area (Å²) in [7, 11) is 2.03. The Morgan fingerprint density at radius 2 is 1.67 bits per heavy atom. The van der Waals surface area contributed by atoms with Crippen LogP contribution >= 0.6 is 0 Å². The van der Waals surface area contributed by atoms with Crippen molar-refractivity contribution in [2.75, 3.05) is 0 Å². The molecule has 2 aromatic carbocycles. The maximum atomic E-state index is 9.47. The molecule has 3 rings (SSSR count). The van der Waals surface area contributed by atoms with Crippen molar-refractivity contribution in [1.82, 2.24) is 0 Å². The van der Waals surface area contributed by atoms with Crippen LogP contribution in [0.2, 0.25) is 0 Å². The van der Waals surface area contributed by atoms with Crippen LogP contribution in [0.1, 0.15) is 11.3 Å². The highest BCUT2D eigenvalue weighted by atomic mass is 127. The second-order valence-electron chi connectivity index (χ2n) is 4.86. The normalized spacial score (nSPS) is 10.7. The Morgan fingerprint density at radius 3 is 2.48 bits per heavy atom. The molecular formula is C18H16INO. The first-order chi connectivity index (χ1) is 9.72. The zero-order valence-electron chi connectivity index (χ0n) is 11.7. The number of halogens is 1. The summed E-state index contributed by atoms with van der Waals surface area (Å²) < 4.78 is 2.08. The SMILES string of the molecule is C[n+]1ccccc1/C=C/c1ccc2cc(O)ccc2c1.[I-]. The van der Waals surface area contributed by atoms with Gasteiger partial charge in [0.15, 0.2) is 6.20 Å². The summed E-state index contributed by atoms with van der Waals surface area (Å²) in [5, 5.41) is 11.6. The van der Waals surface area contributed by atoms with Crippen LogP contribution in [0.3, 0.4) is 0 Å². The molecule has 1 aromatic heterocycles. The number of hydrogen-bond acceptors (Lipinski definition) is 1. The fourth-order valence-corrected chi connectivity index (χ4v) is 2.25. The largest absolute Gasteiger partial charge is 1.00 e. The minimum absolute atomic E-state index is 0. The van der Waals surface area contributed by atoms with Crippen molar-refractivity contribution in [3.8, 4) is 5.75 Å². The van der Waals surface area contributed by atoms with Gasteiger partial charge in [0.25, 0.3) is 0 Å². The number of aromatic nitrogens is 1. The molecule has 0 amide bonds. The third kappa shape index (κ3) is 3.61. The number of fused-ring (bicyclic) bond motifs is 1. The van der Waals surface area contributed by atoms with Crippen molar-refractivity contribution in [2.45, 2.75) is 0 Å². The number of nitrogens with zero attached hydrogens (tertiary/aromatic N) is 1. The lowest BCUT2D eigenvalue weighted by atomic mass is 10.1. The summed E-state index contributed by atoms with van der Waals surface area (Å²) in [4.78, 5) is 0. The minimum Gasteiger partial charge on any atom is -1.00 e. The van der Waals surface area contributed by atoms with Crippen molar-refractivity contribution in [3.63, 3.8) is 0 Å². The number of aromatic hydroxyl groups is 1.